The summed E-state index contributed by atoms with van der Waals surface area (Å²) in [5.41, 5.74) is 0.463. The van der Waals surface area contributed by atoms with Crippen LogP contribution in [0.1, 0.15) is 28.4 Å². The lowest BCUT2D eigenvalue weighted by Gasteiger charge is -2.18. The summed E-state index contributed by atoms with van der Waals surface area (Å²) >= 11 is 0. The van der Waals surface area contributed by atoms with E-state index in [1.807, 2.05) is 31.2 Å². The number of carbonyl (C=O) groups is 2. The first-order chi connectivity index (χ1) is 11.8. The lowest BCUT2D eigenvalue weighted by Crippen LogP contribution is -2.46. The van der Waals surface area contributed by atoms with Crippen molar-refractivity contribution in [2.45, 2.75) is 26.1 Å². The van der Waals surface area contributed by atoms with Crippen LogP contribution < -0.4 is 10.1 Å². The molecule has 0 radical (unpaired) electrons. The van der Waals surface area contributed by atoms with Crippen molar-refractivity contribution in [1.82, 2.24) is 5.32 Å². The lowest BCUT2D eigenvalue weighted by molar-refractivity contribution is -0.155. The molecule has 2 rings (SSSR count). The molecule has 0 aliphatic carbocycles. The van der Waals surface area contributed by atoms with Crippen LogP contribution >= 0.6 is 0 Å². The maximum Gasteiger partial charge on any atom is 0.337 e. The van der Waals surface area contributed by atoms with Gasteiger partial charge in [0, 0.05) is 5.56 Å². The fourth-order valence-corrected chi connectivity index (χ4v) is 2.13. The molecular formula is C19H21NO5. The predicted molar refractivity (Wildman–Crippen MR) is 92.5 cm³/mol. The van der Waals surface area contributed by atoms with Crippen molar-refractivity contribution in [3.63, 3.8) is 0 Å². The number of carboxylic acids is 1. The molecule has 3 N–H and O–H groups in total. The van der Waals surface area contributed by atoms with Gasteiger partial charge in [-0.3, -0.25) is 4.79 Å². The van der Waals surface area contributed by atoms with Gasteiger partial charge in [-0.15, -0.1) is 0 Å². The zero-order valence-electron chi connectivity index (χ0n) is 14.2. The molecule has 0 aromatic heterocycles. The van der Waals surface area contributed by atoms with Gasteiger partial charge >= 0.3 is 5.97 Å². The molecule has 2 aromatic rings. The number of hydrogen-bond donors (Lipinski definition) is 3. The van der Waals surface area contributed by atoms with Crippen LogP contribution in [0.3, 0.4) is 0 Å². The second-order valence-corrected chi connectivity index (χ2v) is 6.07. The molecule has 0 aliphatic rings. The molecule has 0 saturated heterocycles. The van der Waals surface area contributed by atoms with Crippen molar-refractivity contribution < 1.29 is 24.5 Å². The summed E-state index contributed by atoms with van der Waals surface area (Å²) in [5, 5.41) is 20.9. The third-order valence-corrected chi connectivity index (χ3v) is 3.64. The van der Waals surface area contributed by atoms with Crippen molar-refractivity contribution in [3.05, 3.63) is 65.2 Å². The average Bonchev–Trinajstić information content (AvgIpc) is 2.58. The van der Waals surface area contributed by atoms with Gasteiger partial charge in [0.1, 0.15) is 12.4 Å². The maximum atomic E-state index is 12.1. The van der Waals surface area contributed by atoms with Crippen molar-refractivity contribution in [3.8, 4) is 5.75 Å². The van der Waals surface area contributed by atoms with Gasteiger partial charge in [0.25, 0.3) is 5.91 Å². The van der Waals surface area contributed by atoms with Gasteiger partial charge in [-0.25, -0.2) is 4.79 Å². The number of aliphatic carboxylic acids is 1. The van der Waals surface area contributed by atoms with E-state index in [4.69, 9.17) is 9.84 Å². The number of aryl methyl sites for hydroxylation is 1. The SMILES string of the molecule is Cc1cccc(COc2cccc(C(=O)NCC(C)(O)C(=O)O)c2)c1. The highest BCUT2D eigenvalue weighted by Gasteiger charge is 2.30. The van der Waals surface area contributed by atoms with Gasteiger partial charge in [0.2, 0.25) is 0 Å². The Kier molecular flexibility index (Phi) is 5.77. The second-order valence-electron chi connectivity index (χ2n) is 6.07. The highest BCUT2D eigenvalue weighted by atomic mass is 16.5. The number of rotatable bonds is 7. The van der Waals surface area contributed by atoms with Gasteiger partial charge in [-0.1, -0.05) is 35.9 Å². The zero-order chi connectivity index (χ0) is 18.4. The number of ether oxygens (including phenoxy) is 1. The highest BCUT2D eigenvalue weighted by molar-refractivity contribution is 5.95. The Hall–Kier alpha value is -2.86. The smallest absolute Gasteiger partial charge is 0.337 e. The lowest BCUT2D eigenvalue weighted by atomic mass is 10.1. The van der Waals surface area contributed by atoms with E-state index in [0.29, 0.717) is 17.9 Å². The molecule has 0 aliphatic heterocycles. The minimum atomic E-state index is -2.02. The second kappa shape index (κ2) is 7.81. The number of hydrogen-bond acceptors (Lipinski definition) is 4. The standard InChI is InChI=1S/C19H21NO5/c1-13-5-3-6-14(9-13)11-25-16-8-4-7-15(10-16)17(21)20-12-19(2,24)18(22)23/h3-10,24H,11-12H2,1-2H3,(H,20,21)(H,22,23). The Balaban J connectivity index is 1.98. The Bertz CT molecular complexity index is 770. The zero-order valence-corrected chi connectivity index (χ0v) is 14.2. The molecule has 6 nitrogen and oxygen atoms in total. The number of nitrogens with one attached hydrogen (secondary N) is 1. The van der Waals surface area contributed by atoms with E-state index in [1.54, 1.807) is 24.3 Å². The van der Waals surface area contributed by atoms with E-state index in [9.17, 15) is 14.7 Å². The first-order valence-corrected chi connectivity index (χ1v) is 7.80. The Morgan fingerprint density at radius 3 is 2.56 bits per heavy atom. The van der Waals surface area contributed by atoms with E-state index in [0.717, 1.165) is 18.1 Å². The number of amides is 1. The number of aliphatic hydroxyl groups is 1. The van der Waals surface area contributed by atoms with Crippen LogP contribution in [0.4, 0.5) is 0 Å². The Morgan fingerprint density at radius 1 is 1.16 bits per heavy atom. The molecule has 2 aromatic carbocycles. The van der Waals surface area contributed by atoms with Gasteiger partial charge in [-0.05, 0) is 37.6 Å². The predicted octanol–water partition coefficient (Wildman–Crippen LogP) is 2.14. The summed E-state index contributed by atoms with van der Waals surface area (Å²) in [7, 11) is 0. The summed E-state index contributed by atoms with van der Waals surface area (Å²) in [6.45, 7) is 3.10. The third-order valence-electron chi connectivity index (χ3n) is 3.64. The normalized spacial score (nSPS) is 12.9. The van der Waals surface area contributed by atoms with E-state index < -0.39 is 24.0 Å². The topological polar surface area (TPSA) is 95.9 Å². The van der Waals surface area contributed by atoms with Crippen molar-refractivity contribution in [2.75, 3.05) is 6.54 Å². The van der Waals surface area contributed by atoms with Gasteiger partial charge in [0.15, 0.2) is 5.60 Å². The number of benzene rings is 2. The molecule has 0 fully saturated rings. The average molecular weight is 343 g/mol. The monoisotopic (exact) mass is 343 g/mol. The Morgan fingerprint density at radius 2 is 1.88 bits per heavy atom. The summed E-state index contributed by atoms with van der Waals surface area (Å²) in [6.07, 6.45) is 0. The van der Waals surface area contributed by atoms with Gasteiger partial charge in [0.05, 0.1) is 6.54 Å². The summed E-state index contributed by atoms with van der Waals surface area (Å²) < 4.78 is 5.70. The fourth-order valence-electron chi connectivity index (χ4n) is 2.13. The molecule has 0 saturated carbocycles. The van der Waals surface area contributed by atoms with Crippen LogP contribution in [0.2, 0.25) is 0 Å². The first-order valence-electron chi connectivity index (χ1n) is 7.80. The van der Waals surface area contributed by atoms with Crippen molar-refractivity contribution >= 4 is 11.9 Å². The first kappa shape index (κ1) is 18.5. The van der Waals surface area contributed by atoms with Crippen LogP contribution in [-0.4, -0.2) is 34.2 Å². The molecule has 0 spiro atoms. The van der Waals surface area contributed by atoms with E-state index in [2.05, 4.69) is 5.32 Å². The van der Waals surface area contributed by atoms with Crippen LogP contribution in [-0.2, 0) is 11.4 Å². The van der Waals surface area contributed by atoms with Gasteiger partial charge in [-0.2, -0.15) is 0 Å². The Labute approximate surface area is 146 Å². The molecule has 132 valence electrons. The molecule has 0 bridgehead atoms. The molecule has 25 heavy (non-hydrogen) atoms. The van der Waals surface area contributed by atoms with E-state index in [-0.39, 0.29) is 0 Å². The molecule has 0 heterocycles. The molecule has 1 amide bonds. The molecule has 1 atom stereocenters. The van der Waals surface area contributed by atoms with E-state index >= 15 is 0 Å². The largest absolute Gasteiger partial charge is 0.489 e. The fraction of sp³-hybridized carbons (Fsp3) is 0.263. The minimum absolute atomic E-state index is 0.322. The quantitative estimate of drug-likeness (QED) is 0.716. The van der Waals surface area contributed by atoms with Crippen LogP contribution in [0, 0.1) is 6.92 Å². The number of carbonyl (C=O) groups excluding carboxylic acids is 1. The maximum absolute atomic E-state index is 12.1. The molecular weight excluding hydrogens is 322 g/mol. The highest BCUT2D eigenvalue weighted by Crippen LogP contribution is 2.16. The molecule has 1 unspecified atom stereocenters. The van der Waals surface area contributed by atoms with E-state index in [1.165, 1.54) is 0 Å². The van der Waals surface area contributed by atoms with Crippen LogP contribution in [0.5, 0.6) is 5.75 Å². The van der Waals surface area contributed by atoms with Crippen molar-refractivity contribution in [2.24, 2.45) is 0 Å². The van der Waals surface area contributed by atoms with Crippen LogP contribution in [0.25, 0.3) is 0 Å². The molecule has 6 heteroatoms. The summed E-state index contributed by atoms with van der Waals surface area (Å²) in [6, 6.07) is 14.5. The van der Waals surface area contributed by atoms with Crippen LogP contribution in [0.15, 0.2) is 48.5 Å². The van der Waals surface area contributed by atoms with Gasteiger partial charge < -0.3 is 20.3 Å². The van der Waals surface area contributed by atoms with Crippen molar-refractivity contribution in [1.29, 1.82) is 0 Å². The minimum Gasteiger partial charge on any atom is -0.489 e. The summed E-state index contributed by atoms with van der Waals surface area (Å²) in [5.74, 6) is -1.36. The number of carboxylic acid groups (broad SMARTS) is 1. The third kappa shape index (κ3) is 5.32. The summed E-state index contributed by atoms with van der Waals surface area (Å²) in [4.78, 5) is 23.0.